The van der Waals surface area contributed by atoms with Crippen molar-refractivity contribution in [2.24, 2.45) is 17.3 Å². The fourth-order valence-corrected chi connectivity index (χ4v) is 9.57. The molecule has 4 saturated heterocycles. The van der Waals surface area contributed by atoms with Crippen LogP contribution in [0, 0.1) is 23.1 Å². The lowest BCUT2D eigenvalue weighted by atomic mass is 9.63. The van der Waals surface area contributed by atoms with Crippen LogP contribution in [-0.2, 0) is 20.8 Å². The normalized spacial score (nSPS) is 31.6. The highest BCUT2D eigenvalue weighted by atomic mass is 35.5. The summed E-state index contributed by atoms with van der Waals surface area (Å²) < 4.78 is 15.5. The van der Waals surface area contributed by atoms with Gasteiger partial charge >= 0.3 is 0 Å². The summed E-state index contributed by atoms with van der Waals surface area (Å²) in [4.78, 5) is 46.4. The Labute approximate surface area is 267 Å². The van der Waals surface area contributed by atoms with E-state index in [4.69, 9.17) is 11.8 Å². The third kappa shape index (κ3) is 6.27. The van der Waals surface area contributed by atoms with Crippen molar-refractivity contribution in [2.45, 2.75) is 134 Å². The molecule has 0 radical (unpaired) electrons. The number of hydrogen-bond acceptors (Lipinski definition) is 4. The van der Waals surface area contributed by atoms with Crippen LogP contribution in [0.25, 0.3) is 0 Å². The van der Waals surface area contributed by atoms with Gasteiger partial charge in [0.15, 0.2) is 0 Å². The van der Waals surface area contributed by atoms with Crippen molar-refractivity contribution in [1.82, 2.24) is 19.5 Å². The Bertz CT molecular complexity index is 1170. The van der Waals surface area contributed by atoms with E-state index in [1.54, 1.807) is 16.6 Å². The molecule has 242 valence electrons. The number of rotatable bonds is 7. The smallest absolute Gasteiger partial charge is 0.245 e. The van der Waals surface area contributed by atoms with Crippen molar-refractivity contribution < 1.29 is 18.8 Å². The maximum atomic E-state index is 14.5. The molecule has 1 N–H and O–H groups in total. The fourth-order valence-electron chi connectivity index (χ4n) is 9.42. The van der Waals surface area contributed by atoms with E-state index >= 15 is 0 Å². The van der Waals surface area contributed by atoms with E-state index in [-0.39, 0.29) is 41.0 Å². The predicted octanol–water partition coefficient (Wildman–Crippen LogP) is 5.84. The molecule has 2 unspecified atom stereocenters. The minimum Gasteiger partial charge on any atom is -0.344 e. The maximum Gasteiger partial charge on any atom is 0.245 e. The van der Waals surface area contributed by atoms with E-state index in [1.807, 2.05) is 18.7 Å². The summed E-state index contributed by atoms with van der Waals surface area (Å²) in [6.07, 6.45) is 13.3. The molecule has 44 heavy (non-hydrogen) atoms. The monoisotopic (exact) mass is 628 g/mol. The maximum absolute atomic E-state index is 14.5. The van der Waals surface area contributed by atoms with E-state index < -0.39 is 6.04 Å². The van der Waals surface area contributed by atoms with Crippen LogP contribution >= 0.6 is 11.8 Å². The first kappa shape index (κ1) is 31.8. The summed E-state index contributed by atoms with van der Waals surface area (Å²) in [5.41, 5.74) is 0.412. The quantitative estimate of drug-likeness (QED) is 0.385. The second-order valence-electron chi connectivity index (χ2n) is 14.6. The van der Waals surface area contributed by atoms with Gasteiger partial charge in [0, 0.05) is 49.6 Å². The van der Waals surface area contributed by atoms with E-state index in [1.165, 1.54) is 31.4 Å². The first-order valence-corrected chi connectivity index (χ1v) is 17.6. The molecule has 3 atom stereocenters. The molecule has 4 heterocycles. The Morgan fingerprint density at radius 2 is 1.48 bits per heavy atom. The van der Waals surface area contributed by atoms with Crippen molar-refractivity contribution in [3.05, 3.63) is 35.6 Å². The van der Waals surface area contributed by atoms with Gasteiger partial charge in [-0.3, -0.25) is 14.4 Å². The lowest BCUT2D eigenvalue weighted by Gasteiger charge is -2.49. The number of benzene rings is 1. The molecule has 7 nitrogen and oxygen atoms in total. The number of hydrogen-bond donors (Lipinski definition) is 1. The summed E-state index contributed by atoms with van der Waals surface area (Å²) in [6, 6.07) is 6.33. The largest absolute Gasteiger partial charge is 0.344 e. The van der Waals surface area contributed by atoms with Crippen molar-refractivity contribution in [3.8, 4) is 0 Å². The first-order chi connectivity index (χ1) is 21.2. The van der Waals surface area contributed by atoms with Gasteiger partial charge in [0.2, 0.25) is 17.7 Å². The summed E-state index contributed by atoms with van der Waals surface area (Å²) in [7, 11) is 0. The summed E-state index contributed by atoms with van der Waals surface area (Å²) in [5, 5.41) is 3.11. The molecule has 1 aromatic rings. The molecule has 0 aromatic heterocycles. The van der Waals surface area contributed by atoms with Crippen molar-refractivity contribution in [3.63, 3.8) is 0 Å². The van der Waals surface area contributed by atoms with Crippen molar-refractivity contribution in [1.29, 1.82) is 0 Å². The van der Waals surface area contributed by atoms with Gasteiger partial charge < -0.3 is 15.1 Å². The average molecular weight is 629 g/mol. The molecular weight excluding hydrogens is 579 g/mol. The van der Waals surface area contributed by atoms with Crippen LogP contribution in [0.15, 0.2) is 24.3 Å². The van der Waals surface area contributed by atoms with Gasteiger partial charge in [0.1, 0.15) is 11.9 Å². The van der Waals surface area contributed by atoms with Crippen LogP contribution in [0.1, 0.15) is 103 Å². The molecular formula is C35H50ClFN4O3. The van der Waals surface area contributed by atoms with Gasteiger partial charge in [0.05, 0.1) is 5.41 Å². The molecule has 1 aromatic carbocycles. The van der Waals surface area contributed by atoms with Gasteiger partial charge in [-0.1, -0.05) is 31.4 Å². The van der Waals surface area contributed by atoms with E-state index in [9.17, 15) is 18.8 Å². The van der Waals surface area contributed by atoms with E-state index in [0.717, 1.165) is 44.1 Å². The van der Waals surface area contributed by atoms with Gasteiger partial charge in [-0.2, -0.15) is 0 Å². The Kier molecular flexibility index (Phi) is 9.59. The van der Waals surface area contributed by atoms with Gasteiger partial charge in [-0.05, 0) is 113 Å². The third-order valence-electron chi connectivity index (χ3n) is 11.9. The molecule has 4 aliphatic heterocycles. The number of nitrogens with one attached hydrogen (secondary N) is 1. The van der Waals surface area contributed by atoms with E-state index in [2.05, 4.69) is 10.2 Å². The number of piperidine rings is 2. The Morgan fingerprint density at radius 3 is 2.05 bits per heavy atom. The number of amides is 3. The Balaban J connectivity index is 1.19. The van der Waals surface area contributed by atoms with Crippen LogP contribution in [0.3, 0.4) is 0 Å². The Morgan fingerprint density at radius 1 is 0.909 bits per heavy atom. The molecule has 5 fully saturated rings. The summed E-state index contributed by atoms with van der Waals surface area (Å²) in [6.45, 7) is 5.09. The second-order valence-corrected chi connectivity index (χ2v) is 15.0. The zero-order valence-electron chi connectivity index (χ0n) is 26.5. The minimum atomic E-state index is -0.750. The number of carbonyl (C=O) groups is 3. The average Bonchev–Trinajstić information content (AvgIpc) is 3.64. The highest BCUT2D eigenvalue weighted by Gasteiger charge is 2.54. The number of likely N-dealkylation sites (tertiary alicyclic amines) is 1. The van der Waals surface area contributed by atoms with Crippen LogP contribution in [0.4, 0.5) is 4.39 Å². The molecule has 9 heteroatoms. The highest BCUT2D eigenvalue weighted by molar-refractivity contribution is 6.13. The van der Waals surface area contributed by atoms with Crippen LogP contribution < -0.4 is 5.32 Å². The molecule has 0 spiro atoms. The lowest BCUT2D eigenvalue weighted by molar-refractivity contribution is -0.155. The topological polar surface area (TPSA) is 73.0 Å². The molecule has 6 rings (SSSR count). The molecule has 1 saturated carbocycles. The third-order valence-corrected chi connectivity index (χ3v) is 12.6. The van der Waals surface area contributed by atoms with Crippen LogP contribution in [-0.4, -0.2) is 75.2 Å². The molecule has 3 amide bonds. The zero-order chi connectivity index (χ0) is 31.0. The number of carbonyl (C=O) groups excluding carboxylic acids is 3. The molecule has 2 bridgehead atoms. The molecule has 5 aliphatic rings. The summed E-state index contributed by atoms with van der Waals surface area (Å²) >= 11 is 6.41. The second kappa shape index (κ2) is 13.3. The van der Waals surface area contributed by atoms with Crippen LogP contribution in [0.5, 0.6) is 0 Å². The number of nitrogens with zero attached hydrogens (tertiary/aromatic N) is 3. The zero-order valence-corrected chi connectivity index (χ0v) is 27.2. The fraction of sp³-hybridized carbons (Fsp3) is 0.743. The Hall–Kier alpha value is -2.19. The van der Waals surface area contributed by atoms with Gasteiger partial charge in [-0.15, -0.1) is 0 Å². The standard InChI is InChI=1S/C35H50ClFN4O3/c1-23-20-26(21-24(2)41(23)36)32(42)38-31(22-25-8-10-28(37)11-9-25)33(43)39-18-16-35(17-19-39,27-6-4-3-5-7-27)34(44)40-29-12-13-30(40)15-14-29/h8-11,23-24,26-27,29-31H,3-7,12-22H2,1-2H3,(H,38,42)/t23?,24?,26?,29?,30?,31-/m1/s1. The van der Waals surface area contributed by atoms with Gasteiger partial charge in [0.25, 0.3) is 0 Å². The first-order valence-electron chi connectivity index (χ1n) is 17.3. The van der Waals surface area contributed by atoms with Crippen molar-refractivity contribution >= 4 is 29.5 Å². The van der Waals surface area contributed by atoms with Crippen molar-refractivity contribution in [2.75, 3.05) is 13.1 Å². The predicted molar refractivity (Wildman–Crippen MR) is 169 cm³/mol. The summed E-state index contributed by atoms with van der Waals surface area (Å²) in [5.74, 6) is -0.0411. The SMILES string of the molecule is CC1CC(C(=O)N[C@H](Cc2ccc(F)cc2)C(=O)N2CCC(C(=O)N3C4CCC3CC4)(C3CCCCC3)CC2)CC(C)N1Cl. The lowest BCUT2D eigenvalue weighted by Crippen LogP contribution is -2.58. The number of halogens is 2. The minimum absolute atomic E-state index is 0.0563. The number of fused-ring (bicyclic) bond motifs is 2. The molecule has 1 aliphatic carbocycles. The van der Waals surface area contributed by atoms with E-state index in [0.29, 0.717) is 69.1 Å². The van der Waals surface area contributed by atoms with Crippen LogP contribution in [0.2, 0.25) is 0 Å². The van der Waals surface area contributed by atoms with Gasteiger partial charge in [-0.25, -0.2) is 8.81 Å². The highest BCUT2D eigenvalue weighted by Crippen LogP contribution is 2.50.